The number of amides is 2. The molecule has 0 bridgehead atoms. The summed E-state index contributed by atoms with van der Waals surface area (Å²) in [5, 5.41) is 2.78. The van der Waals surface area contributed by atoms with Crippen LogP contribution in [0, 0.1) is 0 Å². The van der Waals surface area contributed by atoms with E-state index in [2.05, 4.69) is 5.32 Å². The number of esters is 1. The maximum atomic E-state index is 13.0. The maximum Gasteiger partial charge on any atom is 0.407 e. The van der Waals surface area contributed by atoms with Crippen molar-refractivity contribution < 1.29 is 28.7 Å². The summed E-state index contributed by atoms with van der Waals surface area (Å²) in [5.41, 5.74) is 1.12. The van der Waals surface area contributed by atoms with Gasteiger partial charge in [0.05, 0.1) is 5.69 Å². The highest BCUT2D eigenvalue weighted by Crippen LogP contribution is 2.26. The van der Waals surface area contributed by atoms with Crippen molar-refractivity contribution in [3.63, 3.8) is 0 Å². The molecule has 0 saturated carbocycles. The summed E-state index contributed by atoms with van der Waals surface area (Å²) < 4.78 is 9.86. The largest absolute Gasteiger partial charge is 0.465 e. The van der Waals surface area contributed by atoms with Crippen LogP contribution in [0.3, 0.4) is 0 Å². The Morgan fingerprint density at radius 2 is 1.62 bits per heavy atom. The van der Waals surface area contributed by atoms with Crippen LogP contribution in [0.15, 0.2) is 48.5 Å². The van der Waals surface area contributed by atoms with Crippen LogP contribution < -0.4 is 10.2 Å². The van der Waals surface area contributed by atoms with E-state index < -0.39 is 12.0 Å². The number of nitrogens with one attached hydrogen (secondary N) is 1. The molecule has 0 aliphatic heterocycles. The summed E-state index contributed by atoms with van der Waals surface area (Å²) in [5.74, 6) is 0.157. The molecule has 2 aromatic rings. The molecule has 0 saturated heterocycles. The Labute approximate surface area is 211 Å². The number of benzene rings is 2. The van der Waals surface area contributed by atoms with Crippen molar-refractivity contribution in [3.8, 4) is 0 Å². The predicted molar refractivity (Wildman–Crippen MR) is 136 cm³/mol. The monoisotopic (exact) mass is 524 g/mol. The summed E-state index contributed by atoms with van der Waals surface area (Å²) in [6.07, 6.45) is -0.719. The first-order valence-corrected chi connectivity index (χ1v) is 13.1. The van der Waals surface area contributed by atoms with Gasteiger partial charge < -0.3 is 19.7 Å². The highest BCUT2D eigenvalue weighted by molar-refractivity contribution is 8.76. The number of anilines is 1. The zero-order chi connectivity index (χ0) is 24.9. The van der Waals surface area contributed by atoms with Crippen LogP contribution in [0.1, 0.15) is 22.8 Å². The molecule has 8 nitrogen and oxygen atoms in total. The van der Waals surface area contributed by atoms with E-state index in [0.717, 1.165) is 0 Å². The molecule has 0 heterocycles. The molecular formula is C23H25ClN2O6S2. The molecule has 0 aliphatic rings. The fraction of sp³-hybridized carbons (Fsp3) is 0.304. The molecule has 0 radical (unpaired) electrons. The van der Waals surface area contributed by atoms with Crippen LogP contribution in [0.25, 0.3) is 0 Å². The lowest BCUT2D eigenvalue weighted by Crippen LogP contribution is -2.39. The number of ether oxygens (including phenoxy) is 2. The molecule has 2 amide bonds. The third-order valence-corrected chi connectivity index (χ3v) is 6.88. The molecule has 11 heteroatoms. The fourth-order valence-electron chi connectivity index (χ4n) is 2.69. The Bertz CT molecular complexity index is 1010. The number of carbonyl (C=O) groups excluding carboxylic acids is 4. The van der Waals surface area contributed by atoms with Crippen LogP contribution in [-0.4, -0.2) is 62.1 Å². The van der Waals surface area contributed by atoms with E-state index in [9.17, 15) is 19.2 Å². The normalized spacial score (nSPS) is 10.3. The molecule has 0 fully saturated rings. The second kappa shape index (κ2) is 14.5. The molecule has 0 aromatic heterocycles. The molecule has 2 aromatic carbocycles. The fourth-order valence-corrected chi connectivity index (χ4v) is 4.51. The van der Waals surface area contributed by atoms with Gasteiger partial charge in [0, 0.05) is 41.6 Å². The number of halogens is 1. The zero-order valence-electron chi connectivity index (χ0n) is 18.7. The van der Waals surface area contributed by atoms with Crippen molar-refractivity contribution in [3.05, 3.63) is 64.7 Å². The first-order valence-electron chi connectivity index (χ1n) is 10.2. The van der Waals surface area contributed by atoms with Crippen molar-refractivity contribution in [1.29, 1.82) is 0 Å². The number of nitrogens with zero attached hydrogens (tertiary/aromatic N) is 1. The molecular weight excluding hydrogens is 500 g/mol. The van der Waals surface area contributed by atoms with Crippen LogP contribution in [0.2, 0.25) is 5.02 Å². The number of carbonyl (C=O) groups is 4. The lowest BCUT2D eigenvalue weighted by Gasteiger charge is -2.21. The van der Waals surface area contributed by atoms with Crippen molar-refractivity contribution in [2.45, 2.75) is 6.92 Å². The van der Waals surface area contributed by atoms with E-state index >= 15 is 0 Å². The molecule has 2 rings (SSSR count). The smallest absolute Gasteiger partial charge is 0.407 e. The van der Waals surface area contributed by atoms with Gasteiger partial charge in [0.2, 0.25) is 5.91 Å². The minimum Gasteiger partial charge on any atom is -0.465 e. The highest BCUT2D eigenvalue weighted by Gasteiger charge is 2.21. The van der Waals surface area contributed by atoms with Crippen molar-refractivity contribution in [1.82, 2.24) is 5.32 Å². The lowest BCUT2D eigenvalue weighted by molar-refractivity contribution is -0.140. The third-order valence-electron chi connectivity index (χ3n) is 4.31. The van der Waals surface area contributed by atoms with Gasteiger partial charge in [-0.2, -0.15) is 0 Å². The van der Waals surface area contributed by atoms with E-state index in [1.165, 1.54) is 46.5 Å². The molecule has 1 N–H and O–H groups in total. The predicted octanol–water partition coefficient (Wildman–Crippen LogP) is 4.20. The number of rotatable bonds is 12. The van der Waals surface area contributed by atoms with Gasteiger partial charge in [0.25, 0.3) is 0 Å². The van der Waals surface area contributed by atoms with E-state index in [4.69, 9.17) is 21.1 Å². The second-order valence-electron chi connectivity index (χ2n) is 6.78. The number of alkyl carbamates (subject to hydrolysis) is 1. The van der Waals surface area contributed by atoms with Crippen LogP contribution >= 0.6 is 33.2 Å². The van der Waals surface area contributed by atoms with Gasteiger partial charge in [0.15, 0.2) is 5.78 Å². The van der Waals surface area contributed by atoms with Gasteiger partial charge in [-0.15, -0.1) is 0 Å². The lowest BCUT2D eigenvalue weighted by atomic mass is 10.0. The Hall–Kier alpha value is -2.69. The first kappa shape index (κ1) is 27.6. The topological polar surface area (TPSA) is 102 Å². The number of ketones is 1. The molecule has 0 aliphatic carbocycles. The van der Waals surface area contributed by atoms with Gasteiger partial charge in [0.1, 0.15) is 19.8 Å². The number of likely N-dealkylation sites (N-methyl/N-ethyl adjacent to an activating group) is 1. The summed E-state index contributed by atoms with van der Waals surface area (Å²) in [4.78, 5) is 49.4. The maximum absolute atomic E-state index is 13.0. The van der Waals surface area contributed by atoms with Gasteiger partial charge in [-0.05, 0) is 18.2 Å². The Balaban J connectivity index is 1.82. The summed E-state index contributed by atoms with van der Waals surface area (Å²) in [6.45, 7) is 1.54. The quantitative estimate of drug-likeness (QED) is 0.191. The number of hydrogen-bond acceptors (Lipinski definition) is 8. The zero-order valence-corrected chi connectivity index (χ0v) is 21.1. The van der Waals surface area contributed by atoms with Gasteiger partial charge in [-0.1, -0.05) is 63.5 Å². The molecule has 0 unspecified atom stereocenters. The van der Waals surface area contributed by atoms with Crippen LogP contribution in [0.5, 0.6) is 0 Å². The molecule has 0 spiro atoms. The molecule has 34 heavy (non-hydrogen) atoms. The van der Waals surface area contributed by atoms with E-state index in [1.807, 2.05) is 0 Å². The Morgan fingerprint density at radius 1 is 0.971 bits per heavy atom. The van der Waals surface area contributed by atoms with E-state index in [-0.39, 0.29) is 30.5 Å². The minimum absolute atomic E-state index is 0.161. The van der Waals surface area contributed by atoms with Crippen LogP contribution in [-0.2, 0) is 19.1 Å². The molecule has 0 atom stereocenters. The SMILES string of the molecule is CC(=O)OCCSSCCOC(=O)NCC(=O)N(C)c1ccc(Cl)cc1C(=O)c1ccccc1. The average molecular weight is 525 g/mol. The number of hydrogen-bond donors (Lipinski definition) is 1. The minimum atomic E-state index is -0.719. The van der Waals surface area contributed by atoms with E-state index in [1.54, 1.807) is 42.5 Å². The standard InChI is InChI=1S/C23H25ClN2O6S2/c1-16(27)31-10-12-33-34-13-11-32-23(30)25-15-21(28)26(2)20-9-8-18(24)14-19(20)22(29)17-6-4-3-5-7-17/h3-9,14H,10-13,15H2,1-2H3,(H,25,30). The van der Waals surface area contributed by atoms with Crippen molar-refractivity contribution in [2.75, 3.05) is 43.2 Å². The van der Waals surface area contributed by atoms with Gasteiger partial charge >= 0.3 is 12.1 Å². The first-order chi connectivity index (χ1) is 16.3. The summed E-state index contributed by atoms with van der Waals surface area (Å²) >= 11 is 6.09. The van der Waals surface area contributed by atoms with Crippen LogP contribution in [0.4, 0.5) is 10.5 Å². The average Bonchev–Trinajstić information content (AvgIpc) is 2.83. The third kappa shape index (κ3) is 9.28. The highest BCUT2D eigenvalue weighted by atomic mass is 35.5. The van der Waals surface area contributed by atoms with Crippen molar-refractivity contribution in [2.24, 2.45) is 0 Å². The molecule has 182 valence electrons. The summed E-state index contributed by atoms with van der Waals surface area (Å²) in [7, 11) is 4.50. The van der Waals surface area contributed by atoms with Gasteiger partial charge in [-0.25, -0.2) is 4.79 Å². The Morgan fingerprint density at radius 3 is 2.26 bits per heavy atom. The second-order valence-corrected chi connectivity index (χ2v) is 9.92. The van der Waals surface area contributed by atoms with Gasteiger partial charge in [-0.3, -0.25) is 14.4 Å². The Kier molecular flexibility index (Phi) is 11.8. The summed E-state index contributed by atoms with van der Waals surface area (Å²) in [6, 6.07) is 13.4. The van der Waals surface area contributed by atoms with E-state index in [0.29, 0.717) is 34.4 Å². The van der Waals surface area contributed by atoms with Crippen molar-refractivity contribution >= 4 is 62.6 Å².